The summed E-state index contributed by atoms with van der Waals surface area (Å²) in [6.45, 7) is 2.09. The van der Waals surface area contributed by atoms with Gasteiger partial charge in [-0.05, 0) is 42.5 Å². The average Bonchev–Trinajstić information content (AvgIpc) is 3.14. The average molecular weight is 352 g/mol. The Morgan fingerprint density at radius 3 is 2.88 bits per heavy atom. The molecule has 0 bridgehead atoms. The molecule has 0 aromatic carbocycles. The van der Waals surface area contributed by atoms with Crippen LogP contribution in [0, 0.1) is 5.92 Å². The van der Waals surface area contributed by atoms with Gasteiger partial charge in [-0.3, -0.25) is 9.78 Å². The number of rotatable bonds is 3. The van der Waals surface area contributed by atoms with Crippen LogP contribution in [0.1, 0.15) is 36.8 Å². The van der Waals surface area contributed by atoms with Crippen LogP contribution < -0.4 is 0 Å². The molecule has 1 amide bonds. The fraction of sp³-hybridized carbons (Fsp3) is 0.450. The van der Waals surface area contributed by atoms with Crippen molar-refractivity contribution in [3.05, 3.63) is 54.4 Å². The topological polar surface area (TPSA) is 60.3 Å². The largest absolute Gasteiger partial charge is 0.369 e. The van der Waals surface area contributed by atoms with Gasteiger partial charge in [-0.2, -0.15) is 0 Å². The standard InChI is InChI=1S/C20H24N4O2/c1-23-12-10-22-19(23)18-17(5-3-13-26-18)20(25)24-11-2-4-16(14-24)15-6-8-21-9-7-15/h4,6-10,12,17-18H,2-3,5,11,13-14H2,1H3/t17-,18-/m1/s1. The molecule has 26 heavy (non-hydrogen) atoms. The summed E-state index contributed by atoms with van der Waals surface area (Å²) < 4.78 is 7.94. The van der Waals surface area contributed by atoms with Crippen LogP contribution in [0.25, 0.3) is 5.57 Å². The van der Waals surface area contributed by atoms with Crippen LogP contribution in [-0.2, 0) is 16.6 Å². The highest BCUT2D eigenvalue weighted by Crippen LogP contribution is 2.35. The molecule has 2 aliphatic heterocycles. The third-order valence-corrected chi connectivity index (χ3v) is 5.27. The summed E-state index contributed by atoms with van der Waals surface area (Å²) >= 11 is 0. The van der Waals surface area contributed by atoms with Gasteiger partial charge in [0.15, 0.2) is 0 Å². The molecule has 0 unspecified atom stereocenters. The molecule has 0 saturated carbocycles. The lowest BCUT2D eigenvalue weighted by molar-refractivity contribution is -0.145. The molecule has 136 valence electrons. The van der Waals surface area contributed by atoms with Crippen LogP contribution in [-0.4, -0.2) is 45.0 Å². The van der Waals surface area contributed by atoms with E-state index in [1.165, 1.54) is 5.57 Å². The van der Waals surface area contributed by atoms with Crippen LogP contribution in [0.2, 0.25) is 0 Å². The van der Waals surface area contributed by atoms with E-state index < -0.39 is 0 Å². The van der Waals surface area contributed by atoms with Gasteiger partial charge in [0.2, 0.25) is 5.91 Å². The van der Waals surface area contributed by atoms with E-state index in [9.17, 15) is 4.79 Å². The van der Waals surface area contributed by atoms with E-state index in [2.05, 4.69) is 16.0 Å². The summed E-state index contributed by atoms with van der Waals surface area (Å²) in [6.07, 6.45) is 11.9. The molecule has 0 aliphatic carbocycles. The summed E-state index contributed by atoms with van der Waals surface area (Å²) in [6, 6.07) is 4.00. The van der Waals surface area contributed by atoms with Crippen molar-refractivity contribution in [2.75, 3.05) is 19.7 Å². The minimum absolute atomic E-state index is 0.165. The van der Waals surface area contributed by atoms with Gasteiger partial charge in [-0.15, -0.1) is 0 Å². The van der Waals surface area contributed by atoms with Gasteiger partial charge in [0.05, 0.1) is 5.92 Å². The molecule has 4 rings (SSSR count). The highest BCUT2D eigenvalue weighted by atomic mass is 16.5. The monoisotopic (exact) mass is 352 g/mol. The Morgan fingerprint density at radius 1 is 1.27 bits per heavy atom. The highest BCUT2D eigenvalue weighted by Gasteiger charge is 2.38. The molecule has 6 heteroatoms. The summed E-state index contributed by atoms with van der Waals surface area (Å²) in [5.41, 5.74) is 2.33. The van der Waals surface area contributed by atoms with Crippen molar-refractivity contribution >= 4 is 11.5 Å². The smallest absolute Gasteiger partial charge is 0.229 e. The van der Waals surface area contributed by atoms with Crippen molar-refractivity contribution in [2.24, 2.45) is 13.0 Å². The Morgan fingerprint density at radius 2 is 2.12 bits per heavy atom. The predicted molar refractivity (Wildman–Crippen MR) is 98.0 cm³/mol. The van der Waals surface area contributed by atoms with Crippen molar-refractivity contribution in [1.82, 2.24) is 19.4 Å². The molecule has 2 aliphatic rings. The minimum atomic E-state index is -0.258. The molecular formula is C20H24N4O2. The second-order valence-corrected chi connectivity index (χ2v) is 6.95. The number of nitrogens with zero attached hydrogens (tertiary/aromatic N) is 4. The summed E-state index contributed by atoms with van der Waals surface area (Å²) in [4.78, 5) is 23.8. The van der Waals surface area contributed by atoms with Crippen molar-refractivity contribution in [3.8, 4) is 0 Å². The fourth-order valence-electron chi connectivity index (χ4n) is 3.88. The van der Waals surface area contributed by atoms with Crippen LogP contribution in [0.5, 0.6) is 0 Å². The number of aryl methyl sites for hydroxylation is 1. The zero-order valence-electron chi connectivity index (χ0n) is 15.0. The molecule has 1 fully saturated rings. The van der Waals surface area contributed by atoms with E-state index in [1.54, 1.807) is 18.6 Å². The Hall–Kier alpha value is -2.47. The molecule has 2 aromatic heterocycles. The Balaban J connectivity index is 1.53. The van der Waals surface area contributed by atoms with E-state index in [4.69, 9.17) is 4.74 Å². The second kappa shape index (κ2) is 7.41. The molecular weight excluding hydrogens is 328 g/mol. The quantitative estimate of drug-likeness (QED) is 0.852. The Labute approximate surface area is 153 Å². The number of ether oxygens (including phenoxy) is 1. The van der Waals surface area contributed by atoms with E-state index in [-0.39, 0.29) is 17.9 Å². The predicted octanol–water partition coefficient (Wildman–Crippen LogP) is 2.60. The minimum Gasteiger partial charge on any atom is -0.369 e. The second-order valence-electron chi connectivity index (χ2n) is 6.95. The lowest BCUT2D eigenvalue weighted by atomic mass is 9.91. The zero-order valence-corrected chi connectivity index (χ0v) is 15.0. The maximum atomic E-state index is 13.3. The number of hydrogen-bond donors (Lipinski definition) is 0. The molecule has 2 aromatic rings. The lowest BCUT2D eigenvalue weighted by Gasteiger charge is -2.36. The number of carbonyl (C=O) groups is 1. The molecule has 4 heterocycles. The molecule has 1 saturated heterocycles. The third kappa shape index (κ3) is 3.29. The lowest BCUT2D eigenvalue weighted by Crippen LogP contribution is -2.43. The van der Waals surface area contributed by atoms with Gasteiger partial charge in [0.1, 0.15) is 11.9 Å². The number of aromatic nitrogens is 3. The summed E-state index contributed by atoms with van der Waals surface area (Å²) in [7, 11) is 1.95. The number of amides is 1. The van der Waals surface area contributed by atoms with Gasteiger partial charge < -0.3 is 14.2 Å². The highest BCUT2D eigenvalue weighted by molar-refractivity contribution is 5.82. The molecule has 6 nitrogen and oxygen atoms in total. The number of imidazole rings is 1. The van der Waals surface area contributed by atoms with E-state index in [0.717, 1.165) is 37.2 Å². The first-order valence-corrected chi connectivity index (χ1v) is 9.21. The summed E-state index contributed by atoms with van der Waals surface area (Å²) in [5.74, 6) is 0.851. The molecule has 0 radical (unpaired) electrons. The van der Waals surface area contributed by atoms with Crippen LogP contribution in [0.3, 0.4) is 0 Å². The summed E-state index contributed by atoms with van der Waals surface area (Å²) in [5, 5.41) is 0. The van der Waals surface area contributed by atoms with Crippen molar-refractivity contribution in [1.29, 1.82) is 0 Å². The van der Waals surface area contributed by atoms with Crippen LogP contribution in [0.4, 0.5) is 0 Å². The SMILES string of the molecule is Cn1ccnc1[C@@H]1OCCC[C@H]1C(=O)N1CCC=C(c2ccncc2)C1. The van der Waals surface area contributed by atoms with Gasteiger partial charge in [0, 0.05) is 51.5 Å². The Kier molecular flexibility index (Phi) is 4.84. The normalized spacial score (nSPS) is 23.6. The van der Waals surface area contributed by atoms with Gasteiger partial charge >= 0.3 is 0 Å². The molecule has 0 spiro atoms. The van der Waals surface area contributed by atoms with Gasteiger partial charge in [-0.1, -0.05) is 6.08 Å². The first kappa shape index (κ1) is 17.0. The van der Waals surface area contributed by atoms with Crippen LogP contribution in [0.15, 0.2) is 43.0 Å². The van der Waals surface area contributed by atoms with Crippen molar-refractivity contribution in [3.63, 3.8) is 0 Å². The first-order chi connectivity index (χ1) is 12.7. The van der Waals surface area contributed by atoms with Crippen molar-refractivity contribution < 1.29 is 9.53 Å². The first-order valence-electron chi connectivity index (χ1n) is 9.21. The van der Waals surface area contributed by atoms with E-state index in [0.29, 0.717) is 13.2 Å². The zero-order chi connectivity index (χ0) is 17.9. The number of hydrogen-bond acceptors (Lipinski definition) is 4. The van der Waals surface area contributed by atoms with E-state index in [1.807, 2.05) is 34.8 Å². The maximum absolute atomic E-state index is 13.3. The van der Waals surface area contributed by atoms with Gasteiger partial charge in [-0.25, -0.2) is 4.98 Å². The van der Waals surface area contributed by atoms with Crippen molar-refractivity contribution in [2.45, 2.75) is 25.4 Å². The van der Waals surface area contributed by atoms with Crippen LogP contribution >= 0.6 is 0 Å². The number of pyridine rings is 1. The molecule has 0 N–H and O–H groups in total. The number of carbonyl (C=O) groups excluding carboxylic acids is 1. The fourth-order valence-corrected chi connectivity index (χ4v) is 3.88. The molecule has 2 atom stereocenters. The Bertz CT molecular complexity index is 799. The third-order valence-electron chi connectivity index (χ3n) is 5.27. The van der Waals surface area contributed by atoms with E-state index >= 15 is 0 Å². The van der Waals surface area contributed by atoms with Gasteiger partial charge in [0.25, 0.3) is 0 Å². The maximum Gasteiger partial charge on any atom is 0.229 e.